The van der Waals surface area contributed by atoms with Gasteiger partial charge in [0.2, 0.25) is 5.91 Å². The molecule has 1 saturated carbocycles. The number of carbonyl (C=O) groups excluding carboxylic acids is 2. The van der Waals surface area contributed by atoms with Crippen LogP contribution in [0.1, 0.15) is 108 Å². The zero-order valence-electron chi connectivity index (χ0n) is 26.7. The molecular formula is C33H49N3O5S2. The number of thiazole rings is 1. The van der Waals surface area contributed by atoms with Gasteiger partial charge < -0.3 is 15.8 Å². The average molecular weight is 632 g/mol. The second kappa shape index (κ2) is 13.0. The number of amides is 2. The number of ether oxygens (including phenoxy) is 1. The largest absolute Gasteiger partial charge is 0.381 e. The Morgan fingerprint density at radius 2 is 1.72 bits per heavy atom. The van der Waals surface area contributed by atoms with Gasteiger partial charge in [-0.25, -0.2) is 13.4 Å². The van der Waals surface area contributed by atoms with Crippen molar-refractivity contribution in [2.24, 2.45) is 22.5 Å². The van der Waals surface area contributed by atoms with Crippen LogP contribution in [0.2, 0.25) is 0 Å². The lowest BCUT2D eigenvalue weighted by Gasteiger charge is -2.34. The second-order valence-electron chi connectivity index (χ2n) is 14.7. The van der Waals surface area contributed by atoms with E-state index in [-0.39, 0.29) is 23.6 Å². The van der Waals surface area contributed by atoms with Crippen LogP contribution < -0.4 is 11.1 Å². The molecule has 0 atom stereocenters. The molecule has 4 rings (SSSR count). The molecule has 0 bridgehead atoms. The maximum absolute atomic E-state index is 13.6. The molecule has 238 valence electrons. The summed E-state index contributed by atoms with van der Waals surface area (Å²) in [5.41, 5.74) is 6.66. The Labute approximate surface area is 261 Å². The van der Waals surface area contributed by atoms with Gasteiger partial charge >= 0.3 is 0 Å². The zero-order valence-corrected chi connectivity index (χ0v) is 28.3. The smallest absolute Gasteiger partial charge is 0.280 e. The Kier molecular flexibility index (Phi) is 10.1. The monoisotopic (exact) mass is 631 g/mol. The van der Waals surface area contributed by atoms with E-state index in [1.165, 1.54) is 30.6 Å². The van der Waals surface area contributed by atoms with Gasteiger partial charge in [0, 0.05) is 19.8 Å². The molecule has 0 spiro atoms. The minimum atomic E-state index is -3.53. The molecule has 2 heterocycles. The summed E-state index contributed by atoms with van der Waals surface area (Å²) in [5.74, 6) is -0.197. The fraction of sp³-hybridized carbons (Fsp3) is 0.667. The zero-order chi connectivity index (χ0) is 31.6. The molecule has 43 heavy (non-hydrogen) atoms. The summed E-state index contributed by atoms with van der Waals surface area (Å²) in [6.45, 7) is 12.9. The lowest BCUT2D eigenvalue weighted by Crippen LogP contribution is -2.49. The van der Waals surface area contributed by atoms with Crippen molar-refractivity contribution in [3.8, 4) is 10.4 Å². The van der Waals surface area contributed by atoms with E-state index in [0.29, 0.717) is 41.9 Å². The van der Waals surface area contributed by atoms with Gasteiger partial charge in [0.25, 0.3) is 5.91 Å². The average Bonchev–Trinajstić information content (AvgIpc) is 3.34. The van der Waals surface area contributed by atoms with Crippen LogP contribution in [0.5, 0.6) is 0 Å². The fourth-order valence-electron chi connectivity index (χ4n) is 6.25. The van der Waals surface area contributed by atoms with Crippen LogP contribution in [-0.4, -0.2) is 50.7 Å². The van der Waals surface area contributed by atoms with Crippen molar-refractivity contribution >= 4 is 33.0 Å². The summed E-state index contributed by atoms with van der Waals surface area (Å²) in [6.07, 6.45) is 7.64. The molecule has 1 aromatic heterocycles. The SMILES string of the molecule is CC(C)(C)CS(=O)(=O)c1ccc(-c2sc(C(=O)NCC3(C(N)=O)CCOCC3)nc2CC2CCCCC2)cc1C(C)(C)C. The van der Waals surface area contributed by atoms with E-state index < -0.39 is 26.6 Å². The van der Waals surface area contributed by atoms with Crippen LogP contribution in [0.25, 0.3) is 10.4 Å². The molecule has 2 fully saturated rings. The van der Waals surface area contributed by atoms with Crippen molar-refractivity contribution in [3.05, 3.63) is 34.5 Å². The van der Waals surface area contributed by atoms with Crippen LogP contribution in [0, 0.1) is 16.7 Å². The number of primary amides is 1. The number of hydrogen-bond donors (Lipinski definition) is 2. The number of benzene rings is 1. The van der Waals surface area contributed by atoms with Crippen molar-refractivity contribution in [2.75, 3.05) is 25.5 Å². The molecular weight excluding hydrogens is 583 g/mol. The number of nitrogens with two attached hydrogens (primary N) is 1. The van der Waals surface area contributed by atoms with Crippen LogP contribution >= 0.6 is 11.3 Å². The summed E-state index contributed by atoms with van der Waals surface area (Å²) in [6, 6.07) is 5.59. The summed E-state index contributed by atoms with van der Waals surface area (Å²) in [7, 11) is -3.53. The molecule has 2 aliphatic rings. The first-order chi connectivity index (χ1) is 20.0. The van der Waals surface area contributed by atoms with Gasteiger partial charge in [0.15, 0.2) is 14.8 Å². The quantitative estimate of drug-likeness (QED) is 0.346. The number of hydrogen-bond acceptors (Lipinski definition) is 7. The maximum atomic E-state index is 13.6. The van der Waals surface area contributed by atoms with Gasteiger partial charge in [-0.3, -0.25) is 9.59 Å². The first-order valence-corrected chi connectivity index (χ1v) is 18.0. The normalized spacial score (nSPS) is 18.4. The molecule has 8 nitrogen and oxygen atoms in total. The van der Waals surface area contributed by atoms with E-state index in [0.717, 1.165) is 41.0 Å². The highest BCUT2D eigenvalue weighted by Crippen LogP contribution is 2.40. The number of nitrogens with one attached hydrogen (secondary N) is 1. The molecule has 10 heteroatoms. The molecule has 2 aromatic rings. The molecule has 1 saturated heterocycles. The third kappa shape index (κ3) is 8.25. The standard InChI is InChI=1S/C33H49N3O5S2/c1-31(2,3)21-43(39,40)26-13-12-23(19-24(26)32(4,5)6)27-25(18-22-10-8-7-9-11-22)36-29(42-27)28(37)35-20-33(30(34)38)14-16-41-17-15-33/h12-13,19,22H,7-11,14-18,20-21H2,1-6H3,(H2,34,38)(H,35,37). The Balaban J connectivity index is 1.72. The van der Waals surface area contributed by atoms with Crippen LogP contribution in [0.15, 0.2) is 23.1 Å². The van der Waals surface area contributed by atoms with Crippen molar-refractivity contribution in [1.82, 2.24) is 10.3 Å². The lowest BCUT2D eigenvalue weighted by atomic mass is 9.79. The van der Waals surface area contributed by atoms with Crippen molar-refractivity contribution in [1.29, 1.82) is 0 Å². The van der Waals surface area contributed by atoms with E-state index in [2.05, 4.69) is 5.32 Å². The molecule has 0 unspecified atom stereocenters. The minimum absolute atomic E-state index is 0.0547. The van der Waals surface area contributed by atoms with Crippen molar-refractivity contribution in [3.63, 3.8) is 0 Å². The number of aromatic nitrogens is 1. The van der Waals surface area contributed by atoms with E-state index >= 15 is 0 Å². The minimum Gasteiger partial charge on any atom is -0.381 e. The Hall–Kier alpha value is -2.30. The molecule has 1 aliphatic heterocycles. The van der Waals surface area contributed by atoms with Gasteiger partial charge in [0.05, 0.1) is 26.6 Å². The number of sulfone groups is 1. The number of nitrogens with zero attached hydrogens (tertiary/aromatic N) is 1. The van der Waals surface area contributed by atoms with Crippen molar-refractivity contribution < 1.29 is 22.7 Å². The molecule has 3 N–H and O–H groups in total. The Bertz CT molecular complexity index is 1420. The molecule has 1 aliphatic carbocycles. The van der Waals surface area contributed by atoms with Crippen LogP contribution in [0.4, 0.5) is 0 Å². The first kappa shape index (κ1) is 33.6. The maximum Gasteiger partial charge on any atom is 0.280 e. The van der Waals surface area contributed by atoms with Gasteiger partial charge in [-0.05, 0) is 59.3 Å². The van der Waals surface area contributed by atoms with Gasteiger partial charge in [-0.1, -0.05) is 79.7 Å². The van der Waals surface area contributed by atoms with E-state index in [1.54, 1.807) is 6.07 Å². The highest BCUT2D eigenvalue weighted by Gasteiger charge is 2.39. The summed E-state index contributed by atoms with van der Waals surface area (Å²) < 4.78 is 32.5. The third-order valence-electron chi connectivity index (χ3n) is 8.67. The fourth-order valence-corrected chi connectivity index (χ4v) is 9.53. The van der Waals surface area contributed by atoms with Crippen LogP contribution in [0.3, 0.4) is 0 Å². The van der Waals surface area contributed by atoms with E-state index in [1.807, 2.05) is 53.7 Å². The summed E-state index contributed by atoms with van der Waals surface area (Å²) >= 11 is 1.33. The van der Waals surface area contributed by atoms with Gasteiger partial charge in [-0.2, -0.15) is 0 Å². The predicted molar refractivity (Wildman–Crippen MR) is 172 cm³/mol. The third-order valence-corrected chi connectivity index (χ3v) is 12.1. The summed E-state index contributed by atoms with van der Waals surface area (Å²) in [4.78, 5) is 31.9. The van der Waals surface area contributed by atoms with Gasteiger partial charge in [0.1, 0.15) is 0 Å². The number of carbonyl (C=O) groups is 2. The number of rotatable bonds is 9. The highest BCUT2D eigenvalue weighted by molar-refractivity contribution is 7.91. The Morgan fingerprint density at radius 1 is 1.07 bits per heavy atom. The predicted octanol–water partition coefficient (Wildman–Crippen LogP) is 6.06. The van der Waals surface area contributed by atoms with Gasteiger partial charge in [-0.15, -0.1) is 11.3 Å². The highest BCUT2D eigenvalue weighted by atomic mass is 32.2. The molecule has 2 amide bonds. The summed E-state index contributed by atoms with van der Waals surface area (Å²) in [5, 5.41) is 3.29. The van der Waals surface area contributed by atoms with Crippen molar-refractivity contribution in [2.45, 2.75) is 103 Å². The van der Waals surface area contributed by atoms with E-state index in [9.17, 15) is 18.0 Å². The van der Waals surface area contributed by atoms with Crippen LogP contribution in [-0.2, 0) is 31.2 Å². The molecule has 1 aromatic carbocycles. The Morgan fingerprint density at radius 3 is 2.30 bits per heavy atom. The van der Waals surface area contributed by atoms with E-state index in [4.69, 9.17) is 15.5 Å². The topological polar surface area (TPSA) is 128 Å². The molecule has 0 radical (unpaired) electrons. The first-order valence-electron chi connectivity index (χ1n) is 15.5. The second-order valence-corrected chi connectivity index (χ2v) is 17.7. The lowest BCUT2D eigenvalue weighted by molar-refractivity contribution is -0.132.